The molecule has 0 spiro atoms. The first-order valence-corrected chi connectivity index (χ1v) is 10.7. The van der Waals surface area contributed by atoms with Gasteiger partial charge in [0.1, 0.15) is 5.82 Å². The van der Waals surface area contributed by atoms with Gasteiger partial charge in [-0.1, -0.05) is 6.07 Å². The predicted octanol–water partition coefficient (Wildman–Crippen LogP) is 2.79. The van der Waals surface area contributed by atoms with Crippen molar-refractivity contribution in [1.29, 1.82) is 0 Å². The van der Waals surface area contributed by atoms with Gasteiger partial charge >= 0.3 is 0 Å². The number of hydrogen-bond acceptors (Lipinski definition) is 4. The molecule has 2 aromatic rings. The van der Waals surface area contributed by atoms with E-state index < -0.39 is 15.8 Å². The number of anilines is 1. The van der Waals surface area contributed by atoms with Gasteiger partial charge in [0.05, 0.1) is 4.90 Å². The summed E-state index contributed by atoms with van der Waals surface area (Å²) in [4.78, 5) is 16.8. The summed E-state index contributed by atoms with van der Waals surface area (Å²) in [5.41, 5.74) is 0.586. The van der Waals surface area contributed by atoms with Crippen LogP contribution in [0.2, 0.25) is 0 Å². The van der Waals surface area contributed by atoms with Crippen molar-refractivity contribution < 1.29 is 17.6 Å². The van der Waals surface area contributed by atoms with Gasteiger partial charge in [0, 0.05) is 43.5 Å². The van der Waals surface area contributed by atoms with E-state index in [-0.39, 0.29) is 16.5 Å². The number of nitrogens with zero attached hydrogens (tertiary/aromatic N) is 2. The van der Waals surface area contributed by atoms with Gasteiger partial charge in [-0.3, -0.25) is 14.4 Å². The first-order chi connectivity index (χ1) is 13.3. The van der Waals surface area contributed by atoms with Crippen LogP contribution in [0, 0.1) is 5.82 Å². The molecule has 150 valence electrons. The van der Waals surface area contributed by atoms with Gasteiger partial charge < -0.3 is 4.90 Å². The molecule has 0 aliphatic carbocycles. The highest BCUT2D eigenvalue weighted by Crippen LogP contribution is 2.19. The third kappa shape index (κ3) is 4.69. The molecular formula is C20H24FN3O3S. The Morgan fingerprint density at radius 3 is 2.29 bits per heavy atom. The Labute approximate surface area is 165 Å². The number of piperazine rings is 1. The van der Waals surface area contributed by atoms with E-state index in [2.05, 4.69) is 23.5 Å². The summed E-state index contributed by atoms with van der Waals surface area (Å²) in [7, 11) is -3.88. The molecule has 6 nitrogen and oxygen atoms in total. The monoisotopic (exact) mass is 405 g/mol. The molecule has 0 atom stereocenters. The van der Waals surface area contributed by atoms with Gasteiger partial charge in [0.25, 0.3) is 15.9 Å². The van der Waals surface area contributed by atoms with Crippen LogP contribution in [-0.2, 0) is 10.0 Å². The number of sulfonamides is 1. The van der Waals surface area contributed by atoms with E-state index in [1.54, 1.807) is 17.0 Å². The number of nitrogens with one attached hydrogen (secondary N) is 1. The third-order valence-corrected chi connectivity index (χ3v) is 6.20. The Morgan fingerprint density at radius 1 is 1.04 bits per heavy atom. The zero-order chi connectivity index (χ0) is 20.3. The molecule has 1 amide bonds. The maximum absolute atomic E-state index is 13.0. The minimum atomic E-state index is -3.88. The number of hydrogen-bond donors (Lipinski definition) is 1. The SMILES string of the molecule is CC(C)N1CCN(C(=O)c2cccc(S(=O)(=O)Nc3ccc(F)cc3)c2)CC1. The van der Waals surface area contributed by atoms with Gasteiger partial charge in [-0.2, -0.15) is 0 Å². The van der Waals surface area contributed by atoms with Crippen molar-refractivity contribution in [1.82, 2.24) is 9.80 Å². The van der Waals surface area contributed by atoms with Crippen molar-refractivity contribution in [2.24, 2.45) is 0 Å². The number of rotatable bonds is 5. The van der Waals surface area contributed by atoms with Crippen LogP contribution in [0.4, 0.5) is 10.1 Å². The van der Waals surface area contributed by atoms with Crippen LogP contribution in [0.15, 0.2) is 53.4 Å². The topological polar surface area (TPSA) is 69.7 Å². The van der Waals surface area contributed by atoms with Gasteiger partial charge in [0.2, 0.25) is 0 Å². The lowest BCUT2D eigenvalue weighted by atomic mass is 10.1. The molecule has 1 aliphatic heterocycles. The van der Waals surface area contributed by atoms with Gasteiger partial charge in [-0.25, -0.2) is 12.8 Å². The first kappa shape index (κ1) is 20.3. The van der Waals surface area contributed by atoms with Crippen molar-refractivity contribution >= 4 is 21.6 Å². The van der Waals surface area contributed by atoms with Crippen molar-refractivity contribution in [3.63, 3.8) is 0 Å². The van der Waals surface area contributed by atoms with Crippen LogP contribution in [0.3, 0.4) is 0 Å². The van der Waals surface area contributed by atoms with Gasteiger partial charge in [-0.15, -0.1) is 0 Å². The van der Waals surface area contributed by atoms with Crippen LogP contribution in [0.1, 0.15) is 24.2 Å². The second-order valence-electron chi connectivity index (χ2n) is 7.06. The minimum Gasteiger partial charge on any atom is -0.336 e. The fourth-order valence-electron chi connectivity index (χ4n) is 3.15. The third-order valence-electron chi connectivity index (χ3n) is 4.82. The number of carbonyl (C=O) groups is 1. The number of amides is 1. The Bertz CT molecular complexity index is 937. The maximum Gasteiger partial charge on any atom is 0.261 e. The normalized spacial score (nSPS) is 15.6. The molecule has 2 aromatic carbocycles. The van der Waals surface area contributed by atoms with E-state index in [1.807, 2.05) is 0 Å². The highest BCUT2D eigenvalue weighted by atomic mass is 32.2. The first-order valence-electron chi connectivity index (χ1n) is 9.18. The number of halogens is 1. The van der Waals surface area contributed by atoms with Crippen LogP contribution >= 0.6 is 0 Å². The quantitative estimate of drug-likeness (QED) is 0.831. The highest BCUT2D eigenvalue weighted by Gasteiger charge is 2.24. The second-order valence-corrected chi connectivity index (χ2v) is 8.74. The Hall–Kier alpha value is -2.45. The van der Waals surface area contributed by atoms with E-state index in [1.165, 1.54) is 36.4 Å². The lowest BCUT2D eigenvalue weighted by Gasteiger charge is -2.37. The molecule has 0 saturated carbocycles. The van der Waals surface area contributed by atoms with E-state index >= 15 is 0 Å². The summed E-state index contributed by atoms with van der Waals surface area (Å²) in [6.07, 6.45) is 0. The zero-order valence-corrected chi connectivity index (χ0v) is 16.7. The molecule has 0 radical (unpaired) electrons. The van der Waals surface area contributed by atoms with Crippen molar-refractivity contribution in [3.05, 3.63) is 59.9 Å². The molecule has 8 heteroatoms. The van der Waals surface area contributed by atoms with Crippen LogP contribution < -0.4 is 4.72 Å². The molecule has 1 saturated heterocycles. The van der Waals surface area contributed by atoms with Crippen LogP contribution in [0.5, 0.6) is 0 Å². The van der Waals surface area contributed by atoms with Crippen LogP contribution in [0.25, 0.3) is 0 Å². The molecular weight excluding hydrogens is 381 g/mol. The van der Waals surface area contributed by atoms with E-state index in [0.29, 0.717) is 24.7 Å². The molecule has 3 rings (SSSR count). The lowest BCUT2D eigenvalue weighted by Crippen LogP contribution is -2.50. The summed E-state index contributed by atoms with van der Waals surface area (Å²) >= 11 is 0. The van der Waals surface area contributed by atoms with Gasteiger partial charge in [0.15, 0.2) is 0 Å². The predicted molar refractivity (Wildman–Crippen MR) is 106 cm³/mol. The average molecular weight is 405 g/mol. The molecule has 0 unspecified atom stereocenters. The fourth-order valence-corrected chi connectivity index (χ4v) is 4.26. The largest absolute Gasteiger partial charge is 0.336 e. The average Bonchev–Trinajstić information content (AvgIpc) is 2.69. The smallest absolute Gasteiger partial charge is 0.261 e. The zero-order valence-electron chi connectivity index (χ0n) is 15.9. The van der Waals surface area contributed by atoms with E-state index in [4.69, 9.17) is 0 Å². The highest BCUT2D eigenvalue weighted by molar-refractivity contribution is 7.92. The van der Waals surface area contributed by atoms with Crippen molar-refractivity contribution in [3.8, 4) is 0 Å². The molecule has 0 aromatic heterocycles. The Balaban J connectivity index is 1.74. The molecule has 1 fully saturated rings. The Kier molecular flexibility index (Phi) is 6.00. The fraction of sp³-hybridized carbons (Fsp3) is 0.350. The molecule has 28 heavy (non-hydrogen) atoms. The number of benzene rings is 2. The summed E-state index contributed by atoms with van der Waals surface area (Å²) < 4.78 is 40.6. The summed E-state index contributed by atoms with van der Waals surface area (Å²) in [5, 5.41) is 0. The van der Waals surface area contributed by atoms with Crippen molar-refractivity contribution in [2.45, 2.75) is 24.8 Å². The van der Waals surface area contributed by atoms with E-state index in [9.17, 15) is 17.6 Å². The summed E-state index contributed by atoms with van der Waals surface area (Å²) in [6.45, 7) is 7.07. The summed E-state index contributed by atoms with van der Waals surface area (Å²) in [5.74, 6) is -0.629. The Morgan fingerprint density at radius 2 is 1.68 bits per heavy atom. The maximum atomic E-state index is 13.0. The molecule has 1 aliphatic rings. The second kappa shape index (κ2) is 8.28. The lowest BCUT2D eigenvalue weighted by molar-refractivity contribution is 0.0595. The molecule has 1 heterocycles. The van der Waals surface area contributed by atoms with Crippen molar-refractivity contribution in [2.75, 3.05) is 30.9 Å². The van der Waals surface area contributed by atoms with Gasteiger partial charge in [-0.05, 0) is 56.3 Å². The minimum absolute atomic E-state index is 0.0107. The van der Waals surface area contributed by atoms with E-state index in [0.717, 1.165) is 13.1 Å². The summed E-state index contributed by atoms with van der Waals surface area (Å²) in [6, 6.07) is 11.5. The molecule has 1 N–H and O–H groups in total. The standard InChI is InChI=1S/C20H24FN3O3S/c1-15(2)23-10-12-24(13-11-23)20(25)16-4-3-5-19(14-16)28(26,27)22-18-8-6-17(21)7-9-18/h3-9,14-15,22H,10-13H2,1-2H3. The molecule has 0 bridgehead atoms. The van der Waals surface area contributed by atoms with Crippen LogP contribution in [-0.4, -0.2) is 56.3 Å². The number of carbonyl (C=O) groups excluding carboxylic acids is 1.